The van der Waals surface area contributed by atoms with Crippen molar-refractivity contribution in [1.82, 2.24) is 14.6 Å². The van der Waals surface area contributed by atoms with Crippen LogP contribution in [0.3, 0.4) is 0 Å². The summed E-state index contributed by atoms with van der Waals surface area (Å²) in [5, 5.41) is 3.32. The van der Waals surface area contributed by atoms with E-state index in [1.165, 1.54) is 0 Å². The lowest BCUT2D eigenvalue weighted by molar-refractivity contribution is 0.233. The van der Waals surface area contributed by atoms with Gasteiger partial charge >= 0.3 is 0 Å². The number of aromatic nitrogens is 1. The van der Waals surface area contributed by atoms with E-state index in [-0.39, 0.29) is 11.3 Å². The highest BCUT2D eigenvalue weighted by Crippen LogP contribution is 2.15. The second-order valence-electron chi connectivity index (χ2n) is 5.57. The lowest BCUT2D eigenvalue weighted by Gasteiger charge is -2.38. The first-order valence-corrected chi connectivity index (χ1v) is 8.12. The molecule has 0 saturated carbocycles. The Labute approximate surface area is 115 Å². The molecule has 0 unspecified atom stereocenters. The van der Waals surface area contributed by atoms with Crippen LogP contribution < -0.4 is 5.32 Å². The molecule has 0 radical (unpaired) electrons. The van der Waals surface area contributed by atoms with Crippen molar-refractivity contribution in [3.05, 3.63) is 30.1 Å². The number of hydrogen-bond donors (Lipinski definition) is 1. The first kappa shape index (κ1) is 14.4. The van der Waals surface area contributed by atoms with Crippen LogP contribution in [0.25, 0.3) is 0 Å². The summed E-state index contributed by atoms with van der Waals surface area (Å²) >= 11 is 0. The van der Waals surface area contributed by atoms with Gasteiger partial charge in [-0.15, -0.1) is 0 Å². The maximum atomic E-state index is 12.3. The van der Waals surface area contributed by atoms with Crippen LogP contribution in [0.4, 0.5) is 0 Å². The Morgan fingerprint density at radius 1 is 1.37 bits per heavy atom. The summed E-state index contributed by atoms with van der Waals surface area (Å²) in [5.41, 5.74) is 0.857. The average molecular weight is 283 g/mol. The maximum absolute atomic E-state index is 12.3. The van der Waals surface area contributed by atoms with Crippen molar-refractivity contribution in [2.45, 2.75) is 25.8 Å². The molecule has 0 spiro atoms. The van der Waals surface area contributed by atoms with Gasteiger partial charge < -0.3 is 5.32 Å². The number of sulfonamides is 1. The number of nitrogens with one attached hydrogen (secondary N) is 1. The number of pyridine rings is 1. The molecule has 5 nitrogen and oxygen atoms in total. The third-order valence-corrected chi connectivity index (χ3v) is 5.15. The largest absolute Gasteiger partial charge is 0.309 e. The van der Waals surface area contributed by atoms with Crippen molar-refractivity contribution in [3.8, 4) is 0 Å². The lowest BCUT2D eigenvalue weighted by atomic mass is 10.0. The Morgan fingerprint density at radius 2 is 2.05 bits per heavy atom. The highest BCUT2D eigenvalue weighted by Gasteiger charge is 2.32. The molecule has 0 aliphatic carbocycles. The molecule has 0 amide bonds. The van der Waals surface area contributed by atoms with E-state index < -0.39 is 10.0 Å². The summed E-state index contributed by atoms with van der Waals surface area (Å²) in [6, 6.07) is 3.72. The summed E-state index contributed by atoms with van der Waals surface area (Å²) < 4.78 is 26.3. The minimum Gasteiger partial charge on any atom is -0.309 e. The van der Waals surface area contributed by atoms with Crippen LogP contribution in [-0.2, 0) is 16.4 Å². The summed E-state index contributed by atoms with van der Waals surface area (Å²) in [4.78, 5) is 3.93. The molecule has 1 fully saturated rings. The van der Waals surface area contributed by atoms with E-state index >= 15 is 0 Å². The van der Waals surface area contributed by atoms with Crippen molar-refractivity contribution in [1.29, 1.82) is 0 Å². The Morgan fingerprint density at radius 3 is 2.68 bits per heavy atom. The quantitative estimate of drug-likeness (QED) is 0.881. The van der Waals surface area contributed by atoms with Gasteiger partial charge in [0.05, 0.1) is 5.75 Å². The van der Waals surface area contributed by atoms with Crippen molar-refractivity contribution < 1.29 is 8.42 Å². The predicted molar refractivity (Wildman–Crippen MR) is 75.4 cm³/mol. The molecule has 1 aliphatic heterocycles. The highest BCUT2D eigenvalue weighted by molar-refractivity contribution is 7.89. The van der Waals surface area contributed by atoms with E-state index in [2.05, 4.69) is 10.3 Å². The van der Waals surface area contributed by atoms with E-state index in [1.807, 2.05) is 26.0 Å². The van der Waals surface area contributed by atoms with Gasteiger partial charge in [0.1, 0.15) is 0 Å². The molecule has 1 N–H and O–H groups in total. The Hall–Kier alpha value is -0.980. The topological polar surface area (TPSA) is 62.3 Å². The molecule has 1 saturated heterocycles. The fraction of sp³-hybridized carbons (Fsp3) is 0.615. The summed E-state index contributed by atoms with van der Waals surface area (Å²) in [7, 11) is -3.18. The van der Waals surface area contributed by atoms with Gasteiger partial charge in [-0.2, -0.15) is 4.31 Å². The molecular formula is C13H21N3O2S. The Balaban J connectivity index is 1.98. The second-order valence-corrected chi connectivity index (χ2v) is 7.65. The van der Waals surface area contributed by atoms with Crippen molar-refractivity contribution in [3.63, 3.8) is 0 Å². The molecule has 106 valence electrons. The number of aryl methyl sites for hydroxylation is 1. The van der Waals surface area contributed by atoms with Gasteiger partial charge in [0.2, 0.25) is 10.0 Å². The summed E-state index contributed by atoms with van der Waals surface area (Å²) in [6.07, 6.45) is 3.92. The molecule has 0 bridgehead atoms. The standard InChI is InChI=1S/C13H21N3O2S/c1-13(2)11-16(9-8-15-13)19(17,18)10-5-12-3-6-14-7-4-12/h3-4,6-7,15H,5,8-11H2,1-2H3. The molecular weight excluding hydrogens is 262 g/mol. The molecule has 1 aliphatic rings. The van der Waals surface area contributed by atoms with Crippen molar-refractivity contribution in [2.75, 3.05) is 25.4 Å². The maximum Gasteiger partial charge on any atom is 0.214 e. The van der Waals surface area contributed by atoms with E-state index in [0.717, 1.165) is 5.56 Å². The fourth-order valence-electron chi connectivity index (χ4n) is 2.26. The van der Waals surface area contributed by atoms with Crippen LogP contribution in [0.1, 0.15) is 19.4 Å². The summed E-state index contributed by atoms with van der Waals surface area (Å²) in [5.74, 6) is 0.160. The second kappa shape index (κ2) is 5.56. The van der Waals surface area contributed by atoms with E-state index in [0.29, 0.717) is 26.1 Å². The summed E-state index contributed by atoms with van der Waals surface area (Å²) in [6.45, 7) is 5.85. The van der Waals surface area contributed by atoms with Crippen molar-refractivity contribution >= 4 is 10.0 Å². The minimum atomic E-state index is -3.18. The molecule has 1 aromatic rings. The number of nitrogens with zero attached hydrogens (tertiary/aromatic N) is 2. The highest BCUT2D eigenvalue weighted by atomic mass is 32.2. The first-order valence-electron chi connectivity index (χ1n) is 6.51. The monoisotopic (exact) mass is 283 g/mol. The third-order valence-electron chi connectivity index (χ3n) is 3.33. The van der Waals surface area contributed by atoms with Gasteiger partial charge in [-0.05, 0) is 38.0 Å². The Bertz CT molecular complexity index is 514. The smallest absolute Gasteiger partial charge is 0.214 e. The van der Waals surface area contributed by atoms with Gasteiger partial charge in [-0.25, -0.2) is 8.42 Å². The molecule has 0 atom stereocenters. The molecule has 0 aromatic carbocycles. The van der Waals surface area contributed by atoms with Gasteiger partial charge in [-0.1, -0.05) is 0 Å². The van der Waals surface area contributed by atoms with Crippen LogP contribution in [0, 0.1) is 0 Å². The molecule has 1 aromatic heterocycles. The van der Waals surface area contributed by atoms with E-state index in [1.54, 1.807) is 16.7 Å². The van der Waals surface area contributed by atoms with Crippen LogP contribution in [0.2, 0.25) is 0 Å². The zero-order valence-electron chi connectivity index (χ0n) is 11.5. The van der Waals surface area contributed by atoms with Crippen LogP contribution in [0.15, 0.2) is 24.5 Å². The lowest BCUT2D eigenvalue weighted by Crippen LogP contribution is -2.58. The van der Waals surface area contributed by atoms with Crippen LogP contribution in [0.5, 0.6) is 0 Å². The normalized spacial score (nSPS) is 20.3. The Kier molecular flexibility index (Phi) is 4.23. The molecule has 19 heavy (non-hydrogen) atoms. The number of rotatable bonds is 4. The SMILES string of the molecule is CC1(C)CN(S(=O)(=O)CCc2ccncc2)CCN1. The van der Waals surface area contributed by atoms with Gasteiger partial charge in [-0.3, -0.25) is 4.98 Å². The molecule has 2 rings (SSSR count). The first-order chi connectivity index (χ1) is 8.89. The van der Waals surface area contributed by atoms with Gasteiger partial charge in [0.15, 0.2) is 0 Å². The van der Waals surface area contributed by atoms with E-state index in [9.17, 15) is 8.42 Å². The predicted octanol–water partition coefficient (Wildman–Crippen LogP) is 0.638. The van der Waals surface area contributed by atoms with Crippen molar-refractivity contribution in [2.24, 2.45) is 0 Å². The van der Waals surface area contributed by atoms with Crippen LogP contribution >= 0.6 is 0 Å². The van der Waals surface area contributed by atoms with Gasteiger partial charge in [0, 0.05) is 37.6 Å². The third kappa shape index (κ3) is 3.99. The van der Waals surface area contributed by atoms with E-state index in [4.69, 9.17) is 0 Å². The van der Waals surface area contributed by atoms with Crippen LogP contribution in [-0.4, -0.2) is 48.6 Å². The molecule has 6 heteroatoms. The number of piperazine rings is 1. The minimum absolute atomic E-state index is 0.151. The fourth-order valence-corrected chi connectivity index (χ4v) is 3.90. The zero-order valence-corrected chi connectivity index (χ0v) is 12.3. The average Bonchev–Trinajstić information content (AvgIpc) is 2.37. The van der Waals surface area contributed by atoms with Gasteiger partial charge in [0.25, 0.3) is 0 Å². The zero-order chi connectivity index (χ0) is 13.9. The number of hydrogen-bond acceptors (Lipinski definition) is 4. The molecule has 2 heterocycles.